The minimum absolute atomic E-state index is 0.0541. The first-order chi connectivity index (χ1) is 7.86. The topological polar surface area (TPSA) is 35.0 Å². The van der Waals surface area contributed by atoms with Crippen molar-refractivity contribution in [3.05, 3.63) is 21.1 Å². The van der Waals surface area contributed by atoms with E-state index in [-0.39, 0.29) is 5.41 Å². The summed E-state index contributed by atoms with van der Waals surface area (Å²) in [5.74, 6) is 0.778. The van der Waals surface area contributed by atoms with E-state index in [1.807, 2.05) is 0 Å². The van der Waals surface area contributed by atoms with Crippen molar-refractivity contribution in [2.45, 2.75) is 39.0 Å². The second-order valence-electron chi connectivity index (χ2n) is 4.94. The minimum Gasteiger partial charge on any atom is -0.385 e. The van der Waals surface area contributed by atoms with Crippen molar-refractivity contribution in [1.29, 1.82) is 0 Å². The number of ether oxygens (including phenoxy) is 1. The molecule has 0 aliphatic carbocycles. The zero-order valence-corrected chi connectivity index (χ0v) is 13.0. The molecule has 0 unspecified atom stereocenters. The van der Waals surface area contributed by atoms with Gasteiger partial charge in [-0.3, -0.25) is 0 Å². The highest BCUT2D eigenvalue weighted by atomic mass is 79.9. The van der Waals surface area contributed by atoms with Gasteiger partial charge >= 0.3 is 0 Å². The highest BCUT2D eigenvalue weighted by Crippen LogP contribution is 2.32. The Labute approximate surface area is 116 Å². The summed E-state index contributed by atoms with van der Waals surface area (Å²) in [4.78, 5) is 8.85. The Morgan fingerprint density at radius 2 is 1.94 bits per heavy atom. The third kappa shape index (κ3) is 4.19. The normalized spacial score (nSPS) is 11.9. The molecule has 0 N–H and O–H groups in total. The number of hydrogen-bond donors (Lipinski definition) is 0. The van der Waals surface area contributed by atoms with E-state index in [0.717, 1.165) is 28.8 Å². The average Bonchev–Trinajstić information content (AvgIpc) is 2.21. The Bertz CT molecular complexity index is 391. The number of nitrogens with zero attached hydrogens (tertiary/aromatic N) is 2. The van der Waals surface area contributed by atoms with Crippen LogP contribution in [0, 0.1) is 0 Å². The molecule has 3 nitrogen and oxygen atoms in total. The Morgan fingerprint density at radius 1 is 1.29 bits per heavy atom. The lowest BCUT2D eigenvalue weighted by molar-refractivity contribution is 0.194. The lowest BCUT2D eigenvalue weighted by Crippen LogP contribution is -2.17. The molecule has 1 rings (SSSR count). The van der Waals surface area contributed by atoms with Crippen molar-refractivity contribution in [3.8, 4) is 0 Å². The highest BCUT2D eigenvalue weighted by Gasteiger charge is 2.22. The molecule has 1 aromatic heterocycles. The Kier molecular flexibility index (Phi) is 5.35. The molecule has 0 saturated heterocycles. The molecule has 0 fully saturated rings. The fraction of sp³-hybridized carbons (Fsp3) is 0.667. The van der Waals surface area contributed by atoms with Crippen LogP contribution in [0.3, 0.4) is 0 Å². The van der Waals surface area contributed by atoms with Crippen LogP contribution in [0.15, 0.2) is 4.47 Å². The molecule has 0 saturated carbocycles. The van der Waals surface area contributed by atoms with Crippen LogP contribution in [0.1, 0.15) is 38.7 Å². The summed E-state index contributed by atoms with van der Waals surface area (Å²) in [6, 6.07) is 0. The van der Waals surface area contributed by atoms with Gasteiger partial charge in [-0.15, -0.1) is 0 Å². The maximum absolute atomic E-state index is 6.11. The standard InChI is InChI=1S/C12H18BrClN2O/c1-12(2,3)10-9(13)11(14)16-8(15-10)6-5-7-17-4/h5-7H2,1-4H3. The predicted octanol–water partition coefficient (Wildman–Crippen LogP) is 3.77. The molecule has 0 aliphatic rings. The molecule has 0 atom stereocenters. The molecule has 0 aliphatic heterocycles. The summed E-state index contributed by atoms with van der Waals surface area (Å²) in [5, 5.41) is 0.484. The van der Waals surface area contributed by atoms with E-state index >= 15 is 0 Å². The van der Waals surface area contributed by atoms with Crippen molar-refractivity contribution in [1.82, 2.24) is 9.97 Å². The molecule has 0 amide bonds. The van der Waals surface area contributed by atoms with Gasteiger partial charge in [-0.05, 0) is 22.4 Å². The van der Waals surface area contributed by atoms with E-state index in [9.17, 15) is 0 Å². The molecular weight excluding hydrogens is 304 g/mol. The van der Waals surface area contributed by atoms with Crippen molar-refractivity contribution in [2.75, 3.05) is 13.7 Å². The van der Waals surface area contributed by atoms with Crippen molar-refractivity contribution >= 4 is 27.5 Å². The fourth-order valence-electron chi connectivity index (χ4n) is 1.45. The van der Waals surface area contributed by atoms with Crippen LogP contribution in [0.5, 0.6) is 0 Å². The largest absolute Gasteiger partial charge is 0.385 e. The summed E-state index contributed by atoms with van der Waals surface area (Å²) < 4.78 is 5.81. The van der Waals surface area contributed by atoms with Crippen LogP contribution >= 0.6 is 27.5 Å². The van der Waals surface area contributed by atoms with Crippen LogP contribution in [0.4, 0.5) is 0 Å². The summed E-state index contributed by atoms with van der Waals surface area (Å²) in [7, 11) is 1.69. The molecule has 0 spiro atoms. The fourth-order valence-corrected chi connectivity index (χ4v) is 2.41. The van der Waals surface area contributed by atoms with E-state index in [0.29, 0.717) is 11.8 Å². The number of aryl methyl sites for hydroxylation is 1. The lowest BCUT2D eigenvalue weighted by Gasteiger charge is -2.20. The minimum atomic E-state index is -0.0541. The first kappa shape index (κ1) is 14.9. The Balaban J connectivity index is 2.98. The van der Waals surface area contributed by atoms with Gasteiger partial charge in [0, 0.05) is 25.6 Å². The van der Waals surface area contributed by atoms with Crippen LogP contribution in [0.2, 0.25) is 5.15 Å². The Morgan fingerprint density at radius 3 is 2.47 bits per heavy atom. The van der Waals surface area contributed by atoms with E-state index in [1.54, 1.807) is 7.11 Å². The molecular formula is C12H18BrClN2O. The van der Waals surface area contributed by atoms with Crippen molar-refractivity contribution < 1.29 is 4.74 Å². The van der Waals surface area contributed by atoms with E-state index in [2.05, 4.69) is 46.7 Å². The summed E-state index contributed by atoms with van der Waals surface area (Å²) >= 11 is 9.56. The van der Waals surface area contributed by atoms with E-state index in [1.165, 1.54) is 0 Å². The number of methoxy groups -OCH3 is 1. The zero-order chi connectivity index (χ0) is 13.1. The van der Waals surface area contributed by atoms with Crippen molar-refractivity contribution in [3.63, 3.8) is 0 Å². The molecule has 17 heavy (non-hydrogen) atoms. The van der Waals surface area contributed by atoms with Crippen LogP contribution in [-0.2, 0) is 16.6 Å². The van der Waals surface area contributed by atoms with Gasteiger partial charge in [0.05, 0.1) is 10.2 Å². The zero-order valence-electron chi connectivity index (χ0n) is 10.7. The van der Waals surface area contributed by atoms with Gasteiger partial charge in [0.25, 0.3) is 0 Å². The summed E-state index contributed by atoms with van der Waals surface area (Å²) in [6.45, 7) is 7.03. The smallest absolute Gasteiger partial charge is 0.147 e. The molecule has 1 aromatic rings. The average molecular weight is 322 g/mol. The first-order valence-electron chi connectivity index (χ1n) is 5.57. The molecule has 1 heterocycles. The van der Waals surface area contributed by atoms with Gasteiger partial charge in [0.15, 0.2) is 0 Å². The van der Waals surface area contributed by atoms with Gasteiger partial charge in [-0.1, -0.05) is 32.4 Å². The Hall–Kier alpha value is -0.190. The van der Waals surface area contributed by atoms with Gasteiger partial charge in [-0.25, -0.2) is 9.97 Å². The number of hydrogen-bond acceptors (Lipinski definition) is 3. The van der Waals surface area contributed by atoms with Gasteiger partial charge in [0.1, 0.15) is 11.0 Å². The van der Waals surface area contributed by atoms with Crippen LogP contribution in [-0.4, -0.2) is 23.7 Å². The number of halogens is 2. The lowest BCUT2D eigenvalue weighted by atomic mass is 9.92. The molecule has 0 bridgehead atoms. The third-order valence-electron chi connectivity index (χ3n) is 2.32. The molecule has 0 aromatic carbocycles. The summed E-state index contributed by atoms with van der Waals surface area (Å²) in [5.41, 5.74) is 0.895. The molecule has 96 valence electrons. The summed E-state index contributed by atoms with van der Waals surface area (Å²) in [6.07, 6.45) is 1.68. The number of aromatic nitrogens is 2. The van der Waals surface area contributed by atoms with E-state index < -0.39 is 0 Å². The maximum atomic E-state index is 6.11. The first-order valence-corrected chi connectivity index (χ1v) is 6.74. The second-order valence-corrected chi connectivity index (χ2v) is 6.09. The molecule has 5 heteroatoms. The highest BCUT2D eigenvalue weighted by molar-refractivity contribution is 9.10. The van der Waals surface area contributed by atoms with E-state index in [4.69, 9.17) is 16.3 Å². The SMILES string of the molecule is COCCCc1nc(Cl)c(Br)c(C(C)(C)C)n1. The maximum Gasteiger partial charge on any atom is 0.147 e. The predicted molar refractivity (Wildman–Crippen MR) is 73.6 cm³/mol. The monoisotopic (exact) mass is 320 g/mol. The second kappa shape index (κ2) is 6.12. The van der Waals surface area contributed by atoms with Gasteiger partial charge in [-0.2, -0.15) is 0 Å². The van der Waals surface area contributed by atoms with Crippen LogP contribution in [0.25, 0.3) is 0 Å². The van der Waals surface area contributed by atoms with Crippen LogP contribution < -0.4 is 0 Å². The van der Waals surface area contributed by atoms with Gasteiger partial charge < -0.3 is 4.74 Å². The molecule has 0 radical (unpaired) electrons. The quantitative estimate of drug-likeness (QED) is 0.625. The van der Waals surface area contributed by atoms with Gasteiger partial charge in [0.2, 0.25) is 0 Å². The third-order valence-corrected chi connectivity index (χ3v) is 3.57. The van der Waals surface area contributed by atoms with Crippen molar-refractivity contribution in [2.24, 2.45) is 0 Å². The number of rotatable bonds is 4.